The second-order valence-electron chi connectivity index (χ2n) is 25.6. The topological polar surface area (TPSA) is 285 Å². The Bertz CT molecular complexity index is 4250. The lowest BCUT2D eigenvalue weighted by molar-refractivity contribution is -0.162. The van der Waals surface area contributed by atoms with Crippen molar-refractivity contribution in [3.63, 3.8) is 0 Å². The van der Waals surface area contributed by atoms with E-state index in [1.54, 1.807) is 108 Å². The molecule has 5 heterocycles. The van der Waals surface area contributed by atoms with Crippen LogP contribution < -0.4 is 42.5 Å². The highest BCUT2D eigenvalue weighted by Crippen LogP contribution is 2.44. The number of rotatable bonds is 14. The Morgan fingerprint density at radius 2 is 0.931 bits per heavy atom. The Morgan fingerprint density at radius 3 is 1.37 bits per heavy atom. The molecule has 0 bridgehead atoms. The number of alkyl halides is 6. The summed E-state index contributed by atoms with van der Waals surface area (Å²) in [5.41, 5.74) is 9.23. The number of fused-ring (bicyclic) bond motifs is 1. The Balaban J connectivity index is 0.000000174. The first-order valence-corrected chi connectivity index (χ1v) is 31.9. The molecule has 532 valence electrons. The van der Waals surface area contributed by atoms with Crippen LogP contribution in [0, 0.1) is 5.82 Å². The summed E-state index contributed by atoms with van der Waals surface area (Å²) >= 11 is 0. The molecule has 7 amide bonds. The summed E-state index contributed by atoms with van der Waals surface area (Å²) in [5.74, 6) is -16.5. The van der Waals surface area contributed by atoms with E-state index in [2.05, 4.69) is 37.0 Å². The van der Waals surface area contributed by atoms with E-state index in [-0.39, 0.29) is 67.4 Å². The maximum Gasteiger partial charge on any atom is 0.407 e. The molecule has 8 atom stereocenters. The molecule has 0 saturated carbocycles. The number of nitrogens with two attached hydrogens (primary N) is 1. The molecule has 7 aromatic carbocycles. The number of nitrogens with one attached hydrogen (secondary N) is 6. The largest absolute Gasteiger partial charge is 0.477 e. The molecule has 4 fully saturated rings. The van der Waals surface area contributed by atoms with Crippen LogP contribution in [0.15, 0.2) is 200 Å². The van der Waals surface area contributed by atoms with Gasteiger partial charge in [0.15, 0.2) is 0 Å². The number of hydrogen-bond acceptors (Lipinski definition) is 11. The molecule has 4 aliphatic heterocycles. The number of amides is 7. The first-order chi connectivity index (χ1) is 47.5. The van der Waals surface area contributed by atoms with Crippen molar-refractivity contribution in [2.75, 3.05) is 4.90 Å². The number of halogens is 7. The van der Waals surface area contributed by atoms with Crippen LogP contribution in [0.1, 0.15) is 102 Å². The molecule has 27 heteroatoms. The van der Waals surface area contributed by atoms with Crippen molar-refractivity contribution in [1.29, 1.82) is 0 Å². The van der Waals surface area contributed by atoms with E-state index in [9.17, 15) is 69.1 Å². The average molecular weight is 1400 g/mol. The highest BCUT2D eigenvalue weighted by molar-refractivity contribution is 6.01. The van der Waals surface area contributed by atoms with E-state index >= 15 is 0 Å². The molecule has 4 saturated heterocycles. The molecule has 12 rings (SSSR count). The van der Waals surface area contributed by atoms with Crippen molar-refractivity contribution in [1.82, 2.24) is 41.7 Å². The van der Waals surface area contributed by atoms with Gasteiger partial charge < -0.3 is 52.4 Å². The molecule has 0 radical (unpaired) electrons. The number of carbonyl (C=O) groups excluding carboxylic acids is 7. The van der Waals surface area contributed by atoms with Crippen LogP contribution in [0.5, 0.6) is 0 Å². The zero-order chi connectivity index (χ0) is 73.9. The zero-order valence-corrected chi connectivity index (χ0v) is 56.1. The smallest absolute Gasteiger partial charge is 0.407 e. The van der Waals surface area contributed by atoms with Crippen molar-refractivity contribution in [2.24, 2.45) is 5.73 Å². The van der Waals surface area contributed by atoms with Crippen LogP contribution in [0.2, 0.25) is 0 Å². The lowest BCUT2D eigenvalue weighted by atomic mass is 9.84. The van der Waals surface area contributed by atoms with Gasteiger partial charge in [0.25, 0.3) is 11.8 Å². The van der Waals surface area contributed by atoms with E-state index < -0.39 is 75.9 Å². The number of benzene rings is 7. The summed E-state index contributed by atoms with van der Waals surface area (Å²) in [5, 5.41) is 28.8. The molecule has 101 heavy (non-hydrogen) atoms. The number of nitrogens with zero attached hydrogens (tertiary/aromatic N) is 3. The van der Waals surface area contributed by atoms with Crippen LogP contribution in [0.25, 0.3) is 16.6 Å². The summed E-state index contributed by atoms with van der Waals surface area (Å²) < 4.78 is 96.3. The van der Waals surface area contributed by atoms with Gasteiger partial charge in [-0.2, -0.15) is 31.4 Å². The number of carbonyl (C=O) groups is 8. The molecule has 1 aromatic heterocycles. The van der Waals surface area contributed by atoms with Crippen molar-refractivity contribution in [3.05, 3.63) is 234 Å². The van der Waals surface area contributed by atoms with Gasteiger partial charge in [0.05, 0.1) is 64.1 Å². The van der Waals surface area contributed by atoms with Gasteiger partial charge in [-0.1, -0.05) is 152 Å². The summed E-state index contributed by atoms with van der Waals surface area (Å²) in [7, 11) is 0. The average Bonchev–Trinajstić information content (AvgIpc) is 1.61. The molecule has 8 aromatic rings. The van der Waals surface area contributed by atoms with Crippen molar-refractivity contribution in [2.45, 2.75) is 145 Å². The van der Waals surface area contributed by atoms with E-state index in [0.29, 0.717) is 44.1 Å². The fourth-order valence-corrected chi connectivity index (χ4v) is 12.1. The second kappa shape index (κ2) is 31.1. The van der Waals surface area contributed by atoms with Crippen molar-refractivity contribution >= 4 is 64.1 Å². The van der Waals surface area contributed by atoms with Gasteiger partial charge in [-0.3, -0.25) is 28.8 Å². The predicted molar refractivity (Wildman–Crippen MR) is 361 cm³/mol. The maximum absolute atomic E-state index is 13.7. The number of hydrogen-bond donors (Lipinski definition) is 8. The van der Waals surface area contributed by atoms with Gasteiger partial charge in [-0.15, -0.1) is 0 Å². The van der Waals surface area contributed by atoms with Crippen molar-refractivity contribution < 1.29 is 78.9 Å². The molecular weight excluding hydrogens is 1320 g/mol. The third kappa shape index (κ3) is 18.1. The van der Waals surface area contributed by atoms with Gasteiger partial charge in [0.2, 0.25) is 23.6 Å². The van der Waals surface area contributed by atoms with Crippen LogP contribution in [0.4, 0.5) is 41.2 Å². The standard InChI is InChI=1S/C27H23F3N4O2.C19H20N2O3.C14H16F2N2O2.C11H14N2O.C3H4F2O2/c1-26(18-6-4-3-5-7-18)23(32-25(36)27(2,29)30)15-24(35)33(26)21-12-13-22-17(14-21)16-31-34(22)20-10-8-19(28)9-11-20;1-19(15-10-6-3-7-11-15)16(12-17(22)21-19)20-18(23)24-13-14-8-4-2-5-9-14;1-13(9-6-4-3-5-7-9)10(8-11(19)18-13)17-12(20)14(2,15)16;1-11(8-5-3-2-4-6-8)9(12)7-10(14)13-11;1-3(4,5)2(6)7/h3-14,16,23H,15H2,1-2H3,(H,32,36);2-11,16H,12-13H2,1H3,(H,20,23)(H,21,22);3-7,10H,8H2,1-2H3,(H,17,20)(H,18,19);2-6,9H,7,12H2,1H3,(H,13,14);1H3,(H,6,7)/t23-,26+;16-,19+;10-,13+;9-,11+;/m0000./s1. The number of aromatic nitrogens is 2. The zero-order valence-electron chi connectivity index (χ0n) is 56.1. The number of alkyl carbamates (subject to hydrolysis) is 1. The highest BCUT2D eigenvalue weighted by Gasteiger charge is 2.54. The number of ether oxygens (including phenoxy) is 1. The number of carboxylic acid groups (broad SMARTS) is 1. The predicted octanol–water partition coefficient (Wildman–Crippen LogP) is 10.7. The van der Waals surface area contributed by atoms with Crippen LogP contribution in [0.3, 0.4) is 0 Å². The lowest BCUT2D eigenvalue weighted by Gasteiger charge is -2.40. The quantitative estimate of drug-likeness (QED) is 0.0472. The van der Waals surface area contributed by atoms with Crippen LogP contribution in [-0.4, -0.2) is 104 Å². The van der Waals surface area contributed by atoms with Gasteiger partial charge in [0, 0.05) is 57.1 Å². The number of carboxylic acids is 1. The summed E-state index contributed by atoms with van der Waals surface area (Å²) in [6.45, 7) is 8.95. The van der Waals surface area contributed by atoms with Gasteiger partial charge in [0.1, 0.15) is 12.4 Å². The minimum absolute atomic E-state index is 0.0206. The fraction of sp³-hybridized carbons (Fsp3) is 0.311. The van der Waals surface area contributed by atoms with Gasteiger partial charge in [-0.25, -0.2) is 18.7 Å². The minimum atomic E-state index is -3.58. The monoisotopic (exact) mass is 1400 g/mol. The third-order valence-electron chi connectivity index (χ3n) is 17.9. The normalized spacial score (nSPS) is 22.9. The Labute approximate surface area is 577 Å². The summed E-state index contributed by atoms with van der Waals surface area (Å²) in [6, 6.07) is 56.1. The molecule has 0 aliphatic carbocycles. The van der Waals surface area contributed by atoms with Crippen molar-refractivity contribution in [3.8, 4) is 5.69 Å². The summed E-state index contributed by atoms with van der Waals surface area (Å²) in [4.78, 5) is 94.7. The van der Waals surface area contributed by atoms with E-state index in [4.69, 9.17) is 15.6 Å². The Morgan fingerprint density at radius 1 is 0.535 bits per heavy atom. The minimum Gasteiger partial charge on any atom is -0.477 e. The summed E-state index contributed by atoms with van der Waals surface area (Å²) in [6.07, 6.45) is 1.59. The SMILES string of the molecule is CC(F)(F)C(=O)N[C@H]1CC(=O)N(c2ccc3c(cnn3-c3ccc(F)cc3)c2)[C@]1(C)c1ccccc1.CC(F)(F)C(=O)N[C@H]1CC(=O)N[C@]1(C)c1ccccc1.CC(F)(F)C(=O)O.C[C@]1(c2ccccc2)NC(=O)C[C@@H]1N.C[C@]1(c2ccccc2)NC(=O)C[C@@H]1NC(=O)OCc1ccccc1. The number of aliphatic carboxylic acids is 1. The fourth-order valence-electron chi connectivity index (χ4n) is 12.1. The van der Waals surface area contributed by atoms with Gasteiger partial charge >= 0.3 is 29.8 Å². The Hall–Kier alpha value is -11.0. The first kappa shape index (κ1) is 75.8. The molecule has 9 N–H and O–H groups in total. The Kier molecular flexibility index (Phi) is 23.3. The molecule has 4 aliphatic rings. The first-order valence-electron chi connectivity index (χ1n) is 31.9. The van der Waals surface area contributed by atoms with Crippen LogP contribution in [-0.2, 0) is 67.1 Å². The lowest BCUT2D eigenvalue weighted by Crippen LogP contribution is -2.55. The van der Waals surface area contributed by atoms with E-state index in [1.165, 1.54) is 12.1 Å². The number of anilines is 1. The second-order valence-corrected chi connectivity index (χ2v) is 25.6. The highest BCUT2D eigenvalue weighted by atomic mass is 19.3. The maximum atomic E-state index is 13.7. The van der Waals surface area contributed by atoms with Gasteiger partial charge in [-0.05, 0) is 98.0 Å². The molecular formula is C74H77F7N10O10. The van der Waals surface area contributed by atoms with E-state index in [0.717, 1.165) is 33.2 Å². The molecule has 20 nitrogen and oxygen atoms in total. The molecule has 0 unspecified atom stereocenters. The van der Waals surface area contributed by atoms with E-state index in [1.807, 2.05) is 117 Å². The van der Waals surface area contributed by atoms with Crippen LogP contribution >= 0.6 is 0 Å². The molecule has 0 spiro atoms. The third-order valence-corrected chi connectivity index (χ3v) is 17.9.